The first kappa shape index (κ1) is 7.37. The van der Waals surface area contributed by atoms with Crippen LogP contribution in [-0.4, -0.2) is 4.43 Å². The average molecular weight is 252 g/mol. The van der Waals surface area contributed by atoms with Gasteiger partial charge in [0.25, 0.3) is 0 Å². The molecule has 0 aliphatic carbocycles. The molecule has 1 aliphatic rings. The van der Waals surface area contributed by atoms with Gasteiger partial charge in [-0.25, -0.2) is 0 Å². The third-order valence-electron chi connectivity index (χ3n) is 1.15. The van der Waals surface area contributed by atoms with Gasteiger partial charge in [0.2, 0.25) is 0 Å². The van der Waals surface area contributed by atoms with Crippen LogP contribution in [0.1, 0.15) is 12.8 Å². The SMILES string of the molecule is FI1(F)(F)C=CCCC1. The van der Waals surface area contributed by atoms with E-state index in [4.69, 9.17) is 0 Å². The minimum absolute atomic E-state index is 0.314. The van der Waals surface area contributed by atoms with E-state index in [1.54, 1.807) is 0 Å². The third-order valence-corrected chi connectivity index (χ3v) is 5.59. The van der Waals surface area contributed by atoms with Crippen LogP contribution in [0.3, 0.4) is 0 Å². The molecule has 0 radical (unpaired) electrons. The van der Waals surface area contributed by atoms with Crippen molar-refractivity contribution in [3.05, 3.63) is 10.2 Å². The summed E-state index contributed by atoms with van der Waals surface area (Å²) in [6.07, 6.45) is 2.18. The molecule has 0 aromatic carbocycles. The van der Waals surface area contributed by atoms with Crippen LogP contribution in [0, 0.1) is 0 Å². The van der Waals surface area contributed by atoms with Gasteiger partial charge in [-0.05, 0) is 0 Å². The summed E-state index contributed by atoms with van der Waals surface area (Å²) in [6.45, 7) is 0. The maximum absolute atomic E-state index is 12.3. The molecule has 56 valence electrons. The first-order valence-corrected chi connectivity index (χ1v) is 7.87. The molecule has 1 heterocycles. The molecule has 0 aromatic rings. The van der Waals surface area contributed by atoms with Crippen molar-refractivity contribution in [2.75, 3.05) is 4.43 Å². The summed E-state index contributed by atoms with van der Waals surface area (Å²) in [5, 5.41) is 0. The fourth-order valence-corrected chi connectivity index (χ4v) is 4.11. The van der Waals surface area contributed by atoms with Crippen molar-refractivity contribution >= 4 is 18.8 Å². The van der Waals surface area contributed by atoms with Gasteiger partial charge in [-0.2, -0.15) is 0 Å². The van der Waals surface area contributed by atoms with Gasteiger partial charge < -0.3 is 0 Å². The van der Waals surface area contributed by atoms with Gasteiger partial charge in [0.05, 0.1) is 0 Å². The van der Waals surface area contributed by atoms with Crippen molar-refractivity contribution in [1.29, 1.82) is 0 Å². The summed E-state index contributed by atoms with van der Waals surface area (Å²) in [4.78, 5) is 0. The molecule has 1 aliphatic heterocycles. The summed E-state index contributed by atoms with van der Waals surface area (Å²) in [7, 11) is 0. The van der Waals surface area contributed by atoms with Crippen molar-refractivity contribution in [3.63, 3.8) is 0 Å². The van der Waals surface area contributed by atoms with Crippen LogP contribution in [0.5, 0.6) is 0 Å². The Hall–Kier alpha value is 0.260. The van der Waals surface area contributed by atoms with E-state index in [-0.39, 0.29) is 0 Å². The molecule has 4 heteroatoms. The molecule has 0 nitrogen and oxygen atoms in total. The molecule has 0 aromatic heterocycles. The number of hydrogen-bond acceptors (Lipinski definition) is 0. The van der Waals surface area contributed by atoms with E-state index in [2.05, 4.69) is 0 Å². The van der Waals surface area contributed by atoms with E-state index in [0.29, 0.717) is 16.9 Å². The van der Waals surface area contributed by atoms with Gasteiger partial charge in [0, 0.05) is 0 Å². The molecular weight excluding hydrogens is 244 g/mol. The molecule has 0 unspecified atom stereocenters. The number of halogens is 4. The van der Waals surface area contributed by atoms with E-state index < -0.39 is 23.2 Å². The van der Waals surface area contributed by atoms with Crippen molar-refractivity contribution in [2.24, 2.45) is 0 Å². The number of allylic oxidation sites excluding steroid dienone is 1. The molecule has 0 saturated carbocycles. The summed E-state index contributed by atoms with van der Waals surface area (Å²) < 4.78 is 37.0. The summed E-state index contributed by atoms with van der Waals surface area (Å²) >= 11 is -6.28. The third kappa shape index (κ3) is 2.15. The zero-order chi connectivity index (χ0) is 6.98. The molecule has 0 N–H and O–H groups in total. The second-order valence-electron chi connectivity index (χ2n) is 2.06. The molecule has 1 rings (SSSR count). The second kappa shape index (κ2) is 1.87. The van der Waals surface area contributed by atoms with Gasteiger partial charge in [-0.3, -0.25) is 0 Å². The van der Waals surface area contributed by atoms with Gasteiger partial charge in [0.15, 0.2) is 0 Å². The molecule has 0 saturated heterocycles. The topological polar surface area (TPSA) is 0 Å². The first-order valence-electron chi connectivity index (χ1n) is 2.66. The predicted octanol–water partition coefficient (Wildman–Crippen LogP) is 3.53. The molecule has 0 fully saturated rings. The number of alkyl halides is 1. The van der Waals surface area contributed by atoms with Gasteiger partial charge in [0.1, 0.15) is 0 Å². The van der Waals surface area contributed by atoms with E-state index in [1.807, 2.05) is 0 Å². The quantitative estimate of drug-likeness (QED) is 0.457. The van der Waals surface area contributed by atoms with Gasteiger partial charge >= 0.3 is 54.8 Å². The summed E-state index contributed by atoms with van der Waals surface area (Å²) in [5.74, 6) is 0. The Morgan fingerprint density at radius 1 is 1.22 bits per heavy atom. The van der Waals surface area contributed by atoms with Crippen molar-refractivity contribution in [3.8, 4) is 0 Å². The normalized spacial score (nSPS) is 34.8. The zero-order valence-corrected chi connectivity index (χ0v) is 6.95. The van der Waals surface area contributed by atoms with Crippen LogP contribution in [0.4, 0.5) is 8.58 Å². The van der Waals surface area contributed by atoms with E-state index in [0.717, 1.165) is 0 Å². The molecule has 9 heavy (non-hydrogen) atoms. The molecule has 0 amide bonds. The molecule has 0 atom stereocenters. The van der Waals surface area contributed by atoms with Crippen molar-refractivity contribution in [2.45, 2.75) is 12.8 Å². The van der Waals surface area contributed by atoms with Gasteiger partial charge in [-0.15, -0.1) is 0 Å². The van der Waals surface area contributed by atoms with Crippen LogP contribution < -0.4 is 0 Å². The Labute approximate surface area is 55.1 Å². The van der Waals surface area contributed by atoms with Crippen molar-refractivity contribution < 1.29 is 8.58 Å². The Morgan fingerprint density at radius 2 is 1.89 bits per heavy atom. The number of hydrogen-bond donors (Lipinski definition) is 0. The van der Waals surface area contributed by atoms with E-state index >= 15 is 0 Å². The fraction of sp³-hybridized carbons (Fsp3) is 0.600. The van der Waals surface area contributed by atoms with E-state index in [9.17, 15) is 8.58 Å². The van der Waals surface area contributed by atoms with Crippen LogP contribution >= 0.6 is 18.8 Å². The summed E-state index contributed by atoms with van der Waals surface area (Å²) in [6, 6.07) is 0. The first-order chi connectivity index (χ1) is 3.97. The Kier molecular flexibility index (Phi) is 1.53. The van der Waals surface area contributed by atoms with E-state index in [1.165, 1.54) is 6.08 Å². The Balaban J connectivity index is 2.80. The minimum atomic E-state index is -6.28. The van der Waals surface area contributed by atoms with Crippen LogP contribution in [-0.2, 0) is 0 Å². The molecule has 0 bridgehead atoms. The fourth-order valence-electron chi connectivity index (χ4n) is 0.714. The van der Waals surface area contributed by atoms with Crippen LogP contribution in [0.15, 0.2) is 10.2 Å². The van der Waals surface area contributed by atoms with Crippen molar-refractivity contribution in [1.82, 2.24) is 0 Å². The average Bonchev–Trinajstić information content (AvgIpc) is 1.62. The summed E-state index contributed by atoms with van der Waals surface area (Å²) in [5.41, 5.74) is 0. The van der Waals surface area contributed by atoms with Gasteiger partial charge in [-0.1, -0.05) is 0 Å². The molecular formula is C5H8F3I. The Morgan fingerprint density at radius 3 is 2.11 bits per heavy atom. The van der Waals surface area contributed by atoms with Crippen LogP contribution in [0.2, 0.25) is 0 Å². The Bertz CT molecular complexity index is 144. The van der Waals surface area contributed by atoms with Crippen LogP contribution in [0.25, 0.3) is 0 Å². The number of rotatable bonds is 0. The monoisotopic (exact) mass is 252 g/mol. The zero-order valence-electron chi connectivity index (χ0n) is 4.79. The predicted molar refractivity (Wildman–Crippen MR) is 40.6 cm³/mol. The second-order valence-corrected chi connectivity index (χ2v) is 8.81. The molecule has 0 spiro atoms. The maximum atomic E-state index is 12.3. The standard InChI is InChI=1S/C5H8F3I/c6-9(7,8)4-2-1-3-5-9/h2,4H,1,3,5H2.